The van der Waals surface area contributed by atoms with Crippen LogP contribution in [0.15, 0.2) is 72.3 Å². The molecule has 2 aliphatic heterocycles. The topological polar surface area (TPSA) is 106 Å². The maximum atomic E-state index is 12.7. The highest BCUT2D eigenvalue weighted by molar-refractivity contribution is 6.11. The Morgan fingerprint density at radius 1 is 1.06 bits per heavy atom. The van der Waals surface area contributed by atoms with E-state index in [4.69, 9.17) is 19.3 Å². The van der Waals surface area contributed by atoms with E-state index in [0.29, 0.717) is 25.8 Å². The van der Waals surface area contributed by atoms with E-state index in [-0.39, 0.29) is 18.4 Å². The number of hydrogen-bond donors (Lipinski definition) is 1. The van der Waals surface area contributed by atoms with Gasteiger partial charge >= 0.3 is 11.9 Å². The number of carboxylic acids is 1. The van der Waals surface area contributed by atoms with Crippen LogP contribution in [0.2, 0.25) is 0 Å². The molecule has 2 fully saturated rings. The quantitative estimate of drug-likeness (QED) is 0.175. The van der Waals surface area contributed by atoms with Crippen molar-refractivity contribution in [3.05, 3.63) is 83.4 Å². The summed E-state index contributed by atoms with van der Waals surface area (Å²) in [5.74, 6) is -2.45. The Kier molecular flexibility index (Phi) is 8.96. The van der Waals surface area contributed by atoms with E-state index in [1.807, 2.05) is 65.6 Å². The maximum absolute atomic E-state index is 12.7. The number of carbonyl (C=O) groups is 3. The second-order valence-corrected chi connectivity index (χ2v) is 8.67. The van der Waals surface area contributed by atoms with Crippen LogP contribution in [0.5, 0.6) is 0 Å². The zero-order chi connectivity index (χ0) is 25.3. The molecule has 2 aromatic carbocycles. The smallest absolute Gasteiger partial charge is 0.345 e. The largest absolute Gasteiger partial charge is 0.478 e. The summed E-state index contributed by atoms with van der Waals surface area (Å²) in [6, 6.07) is 19.4. The summed E-state index contributed by atoms with van der Waals surface area (Å²) in [5, 5.41) is 9.00. The molecule has 0 saturated carbocycles. The molecule has 0 aromatic heterocycles. The summed E-state index contributed by atoms with van der Waals surface area (Å²) in [6.45, 7) is 4.36. The van der Waals surface area contributed by atoms with Crippen molar-refractivity contribution in [2.45, 2.75) is 25.0 Å². The number of morpholine rings is 1. The summed E-state index contributed by atoms with van der Waals surface area (Å²) in [7, 11) is 0. The lowest BCUT2D eigenvalue weighted by Crippen LogP contribution is -2.41. The highest BCUT2D eigenvalue weighted by Crippen LogP contribution is 2.37. The lowest BCUT2D eigenvalue weighted by Gasteiger charge is -2.34. The molecule has 0 amide bonds. The van der Waals surface area contributed by atoms with Crippen LogP contribution in [0.1, 0.15) is 29.7 Å². The second kappa shape index (κ2) is 12.5. The molecule has 1 N–H and O–H groups in total. The standard InChI is InChI=1S/C27H30N2O7/c30-19-22(17-25(31)32)26(33)36-27-29(18-24(35-27)21-9-5-2-6-10-21)23(20-7-3-1-4-8-20)11-12-28-13-15-34-16-14-28/h1-10,17,19,23-24,27H,11-16,18H2,(H,31,32)/b22-17+. The van der Waals surface area contributed by atoms with E-state index in [1.165, 1.54) is 0 Å². The van der Waals surface area contributed by atoms with Crippen molar-refractivity contribution >= 4 is 18.2 Å². The number of esters is 1. The third-order valence-electron chi connectivity index (χ3n) is 6.36. The summed E-state index contributed by atoms with van der Waals surface area (Å²) in [5.41, 5.74) is 1.39. The Balaban J connectivity index is 1.61. The number of aliphatic carboxylic acids is 1. The van der Waals surface area contributed by atoms with Crippen LogP contribution < -0.4 is 0 Å². The number of aldehydes is 1. The van der Waals surface area contributed by atoms with E-state index in [2.05, 4.69) is 4.90 Å². The van der Waals surface area contributed by atoms with Crippen LogP contribution in [0.4, 0.5) is 0 Å². The fraction of sp³-hybridized carbons (Fsp3) is 0.370. The first-order valence-electron chi connectivity index (χ1n) is 12.0. The highest BCUT2D eigenvalue weighted by atomic mass is 16.7. The Morgan fingerprint density at radius 2 is 1.72 bits per heavy atom. The van der Waals surface area contributed by atoms with Crippen molar-refractivity contribution in [3.63, 3.8) is 0 Å². The second-order valence-electron chi connectivity index (χ2n) is 8.67. The normalized spacial score (nSPS) is 22.2. The van der Waals surface area contributed by atoms with Gasteiger partial charge in [0, 0.05) is 38.3 Å². The van der Waals surface area contributed by atoms with Gasteiger partial charge in [0.2, 0.25) is 0 Å². The molecule has 0 radical (unpaired) electrons. The van der Waals surface area contributed by atoms with Crippen molar-refractivity contribution in [1.82, 2.24) is 9.80 Å². The number of hydrogen-bond acceptors (Lipinski definition) is 8. The third-order valence-corrected chi connectivity index (χ3v) is 6.36. The van der Waals surface area contributed by atoms with Gasteiger partial charge in [0.25, 0.3) is 6.41 Å². The van der Waals surface area contributed by atoms with Gasteiger partial charge in [-0.3, -0.25) is 9.69 Å². The summed E-state index contributed by atoms with van der Waals surface area (Å²) in [4.78, 5) is 39.4. The van der Waals surface area contributed by atoms with Crippen molar-refractivity contribution < 1.29 is 33.7 Å². The minimum Gasteiger partial charge on any atom is -0.478 e. The van der Waals surface area contributed by atoms with Crippen LogP contribution >= 0.6 is 0 Å². The molecule has 36 heavy (non-hydrogen) atoms. The number of carboxylic acid groups (broad SMARTS) is 1. The van der Waals surface area contributed by atoms with Crippen LogP contribution in [0.25, 0.3) is 0 Å². The molecule has 0 bridgehead atoms. The van der Waals surface area contributed by atoms with Crippen LogP contribution in [-0.4, -0.2) is 78.9 Å². The number of carbonyl (C=O) groups excluding carboxylic acids is 2. The number of ether oxygens (including phenoxy) is 3. The van der Waals surface area contributed by atoms with Gasteiger partial charge in [-0.15, -0.1) is 0 Å². The average Bonchev–Trinajstić information content (AvgIpc) is 3.32. The van der Waals surface area contributed by atoms with Crippen LogP contribution in [0.3, 0.4) is 0 Å². The van der Waals surface area contributed by atoms with E-state index in [9.17, 15) is 14.4 Å². The van der Waals surface area contributed by atoms with Crippen LogP contribution in [0, 0.1) is 0 Å². The van der Waals surface area contributed by atoms with Gasteiger partial charge < -0.3 is 19.3 Å². The van der Waals surface area contributed by atoms with Gasteiger partial charge in [0.1, 0.15) is 11.7 Å². The molecule has 2 heterocycles. The summed E-state index contributed by atoms with van der Waals surface area (Å²) in [6.07, 6.45) is -0.0148. The molecule has 9 heteroatoms. The van der Waals surface area contributed by atoms with Gasteiger partial charge in [-0.1, -0.05) is 60.7 Å². The molecule has 3 atom stereocenters. The van der Waals surface area contributed by atoms with Gasteiger partial charge in [0.15, 0.2) is 6.29 Å². The van der Waals surface area contributed by atoms with Gasteiger partial charge in [-0.2, -0.15) is 0 Å². The van der Waals surface area contributed by atoms with E-state index >= 15 is 0 Å². The molecular weight excluding hydrogens is 464 g/mol. The van der Waals surface area contributed by atoms with E-state index < -0.39 is 23.9 Å². The van der Waals surface area contributed by atoms with Crippen molar-refractivity contribution in [2.24, 2.45) is 0 Å². The molecule has 2 aliphatic rings. The maximum Gasteiger partial charge on any atom is 0.345 e. The number of rotatable bonds is 10. The zero-order valence-corrected chi connectivity index (χ0v) is 19.9. The van der Waals surface area contributed by atoms with Crippen molar-refractivity contribution in [3.8, 4) is 0 Å². The molecular formula is C27H30N2O7. The minimum atomic E-state index is -1.41. The van der Waals surface area contributed by atoms with Gasteiger partial charge in [0.05, 0.1) is 13.2 Å². The first kappa shape index (κ1) is 25.7. The predicted octanol–water partition coefficient (Wildman–Crippen LogP) is 2.56. The molecule has 3 unspecified atom stereocenters. The predicted molar refractivity (Wildman–Crippen MR) is 130 cm³/mol. The van der Waals surface area contributed by atoms with E-state index in [1.54, 1.807) is 0 Å². The lowest BCUT2D eigenvalue weighted by atomic mass is 10.0. The fourth-order valence-electron chi connectivity index (χ4n) is 4.52. The minimum absolute atomic E-state index is 0.149. The Labute approximate surface area is 209 Å². The number of nitrogens with zero attached hydrogens (tertiary/aromatic N) is 2. The monoisotopic (exact) mass is 494 g/mol. The highest BCUT2D eigenvalue weighted by Gasteiger charge is 2.41. The molecule has 2 aromatic rings. The molecule has 9 nitrogen and oxygen atoms in total. The molecule has 2 saturated heterocycles. The molecule has 4 rings (SSSR count). The molecule has 190 valence electrons. The fourth-order valence-corrected chi connectivity index (χ4v) is 4.52. The first-order valence-corrected chi connectivity index (χ1v) is 12.0. The molecule has 0 spiro atoms. The third kappa shape index (κ3) is 6.64. The summed E-state index contributed by atoms with van der Waals surface area (Å²) >= 11 is 0. The van der Waals surface area contributed by atoms with E-state index in [0.717, 1.165) is 37.2 Å². The zero-order valence-electron chi connectivity index (χ0n) is 19.9. The van der Waals surface area contributed by atoms with Crippen molar-refractivity contribution in [2.75, 3.05) is 39.4 Å². The van der Waals surface area contributed by atoms with Gasteiger partial charge in [-0.25, -0.2) is 14.5 Å². The Hall–Kier alpha value is -3.37. The number of benzene rings is 2. The lowest BCUT2D eigenvalue weighted by molar-refractivity contribution is -0.202. The Morgan fingerprint density at radius 3 is 2.36 bits per heavy atom. The first-order chi connectivity index (χ1) is 17.5. The molecule has 0 aliphatic carbocycles. The van der Waals surface area contributed by atoms with Crippen LogP contribution in [-0.2, 0) is 28.6 Å². The SMILES string of the molecule is O=C/C(=C\C(=O)O)C(=O)OC1OC(c2ccccc2)CN1C(CCN1CCOCC1)c1ccccc1. The van der Waals surface area contributed by atoms with Crippen molar-refractivity contribution in [1.29, 1.82) is 0 Å². The average molecular weight is 495 g/mol. The van der Waals surface area contributed by atoms with Gasteiger partial charge in [-0.05, 0) is 17.5 Å². The Bertz CT molecular complexity index is 1050. The summed E-state index contributed by atoms with van der Waals surface area (Å²) < 4.78 is 17.2.